The third-order valence-electron chi connectivity index (χ3n) is 5.07. The zero-order valence-corrected chi connectivity index (χ0v) is 20.5. The van der Waals surface area contributed by atoms with E-state index in [4.69, 9.17) is 16.0 Å². The van der Waals surface area contributed by atoms with E-state index in [0.29, 0.717) is 21.6 Å². The summed E-state index contributed by atoms with van der Waals surface area (Å²) in [6.45, 7) is -0.0913. The molecular weight excluding hydrogens is 528 g/mol. The maximum absolute atomic E-state index is 13.1. The predicted octanol–water partition coefficient (Wildman–Crippen LogP) is 3.76. The van der Waals surface area contributed by atoms with Crippen LogP contribution >= 0.6 is 34.3 Å². The van der Waals surface area contributed by atoms with E-state index < -0.39 is 29.7 Å². The van der Waals surface area contributed by atoms with Crippen molar-refractivity contribution in [2.75, 3.05) is 5.32 Å². The standard InChI is InChI=1S/C22H15ClN6O5S2/c23-18-3-1-12(36-18)6-25-19-5-14(27-29(19)22(33)17-7-24-11-35-17)13-2-4-20(31)28(21(13)32)8-16(30)15-9-34-10-26-15/h1-5,7,9-11,25,32H,6,8H2. The van der Waals surface area contributed by atoms with Gasteiger partial charge in [-0.3, -0.25) is 23.9 Å². The maximum atomic E-state index is 13.1. The summed E-state index contributed by atoms with van der Waals surface area (Å²) in [5, 5.41) is 18.4. The number of aromatic hydroxyl groups is 1. The number of nitrogens with zero attached hydrogens (tertiary/aromatic N) is 5. The van der Waals surface area contributed by atoms with Gasteiger partial charge in [-0.15, -0.1) is 22.7 Å². The minimum absolute atomic E-state index is 0.0197. The van der Waals surface area contributed by atoms with Gasteiger partial charge >= 0.3 is 0 Å². The second-order valence-electron chi connectivity index (χ2n) is 7.35. The van der Waals surface area contributed by atoms with Gasteiger partial charge in [0, 0.05) is 17.0 Å². The second-order valence-corrected chi connectivity index (χ2v) is 10.0. The number of halogens is 1. The molecule has 0 aliphatic carbocycles. The van der Waals surface area contributed by atoms with Crippen molar-refractivity contribution in [3.05, 3.63) is 84.8 Å². The molecule has 0 spiro atoms. The van der Waals surface area contributed by atoms with E-state index in [1.807, 2.05) is 6.07 Å². The first-order valence-corrected chi connectivity index (χ1v) is 12.3. The van der Waals surface area contributed by atoms with E-state index in [9.17, 15) is 19.5 Å². The number of oxazole rings is 1. The lowest BCUT2D eigenvalue weighted by molar-refractivity contribution is 0.0948. The van der Waals surface area contributed by atoms with Gasteiger partial charge in [0.05, 0.1) is 34.7 Å². The predicted molar refractivity (Wildman–Crippen MR) is 133 cm³/mol. The van der Waals surface area contributed by atoms with Crippen molar-refractivity contribution < 1.29 is 19.1 Å². The van der Waals surface area contributed by atoms with Crippen LogP contribution in [0.1, 0.15) is 25.0 Å². The van der Waals surface area contributed by atoms with Crippen molar-refractivity contribution in [2.45, 2.75) is 13.1 Å². The highest BCUT2D eigenvalue weighted by molar-refractivity contribution is 7.16. The fraction of sp³-hybridized carbons (Fsp3) is 0.0909. The Hall–Kier alpha value is -4.07. The lowest BCUT2D eigenvalue weighted by atomic mass is 10.2. The summed E-state index contributed by atoms with van der Waals surface area (Å²) in [5.74, 6) is -1.08. The highest BCUT2D eigenvalue weighted by Gasteiger charge is 2.22. The van der Waals surface area contributed by atoms with Crippen molar-refractivity contribution in [3.63, 3.8) is 0 Å². The van der Waals surface area contributed by atoms with Crippen LogP contribution in [0.5, 0.6) is 5.88 Å². The monoisotopic (exact) mass is 542 g/mol. The molecule has 14 heteroatoms. The minimum Gasteiger partial charge on any atom is -0.494 e. The van der Waals surface area contributed by atoms with Crippen molar-refractivity contribution in [2.24, 2.45) is 0 Å². The molecular formula is C22H15ClN6O5S2. The summed E-state index contributed by atoms with van der Waals surface area (Å²) in [4.78, 5) is 47.0. The van der Waals surface area contributed by atoms with E-state index >= 15 is 0 Å². The number of nitrogens with one attached hydrogen (secondary N) is 1. The van der Waals surface area contributed by atoms with Crippen LogP contribution in [0.15, 0.2) is 63.9 Å². The highest BCUT2D eigenvalue weighted by atomic mass is 35.5. The molecule has 182 valence electrons. The maximum Gasteiger partial charge on any atom is 0.291 e. The number of ketones is 1. The number of pyridine rings is 1. The van der Waals surface area contributed by atoms with Crippen LogP contribution in [0.2, 0.25) is 4.34 Å². The molecule has 5 aromatic rings. The Bertz CT molecular complexity index is 1600. The molecule has 11 nitrogen and oxygen atoms in total. The molecule has 5 rings (SSSR count). The number of aromatic nitrogens is 5. The van der Waals surface area contributed by atoms with Crippen LogP contribution in [-0.4, -0.2) is 41.1 Å². The molecule has 0 bridgehead atoms. The number of anilines is 1. The van der Waals surface area contributed by atoms with Gasteiger partial charge < -0.3 is 14.8 Å². The first-order valence-electron chi connectivity index (χ1n) is 10.3. The molecule has 36 heavy (non-hydrogen) atoms. The average Bonchev–Trinajstić information content (AvgIpc) is 3.67. The Morgan fingerprint density at radius 1 is 1.22 bits per heavy atom. The SMILES string of the molecule is O=C(Cn1c(O)c(-c2cc(NCc3ccc(Cl)s3)n(C(=O)c3cncs3)n2)ccc1=O)c1cocn1. The largest absolute Gasteiger partial charge is 0.494 e. The normalized spacial score (nSPS) is 11.0. The van der Waals surface area contributed by atoms with Crippen LogP contribution < -0.4 is 10.9 Å². The molecule has 0 radical (unpaired) electrons. The van der Waals surface area contributed by atoms with Gasteiger partial charge in [-0.25, -0.2) is 4.98 Å². The lowest BCUT2D eigenvalue weighted by Gasteiger charge is -2.09. The molecule has 5 aromatic heterocycles. The molecule has 0 unspecified atom stereocenters. The van der Waals surface area contributed by atoms with Crippen LogP contribution in [0, 0.1) is 0 Å². The van der Waals surface area contributed by atoms with Gasteiger partial charge in [0.15, 0.2) is 6.39 Å². The summed E-state index contributed by atoms with van der Waals surface area (Å²) in [6, 6.07) is 7.78. The van der Waals surface area contributed by atoms with Gasteiger partial charge in [-0.2, -0.15) is 9.78 Å². The fourth-order valence-electron chi connectivity index (χ4n) is 3.34. The molecule has 0 amide bonds. The van der Waals surface area contributed by atoms with Gasteiger partial charge in [-0.1, -0.05) is 11.6 Å². The smallest absolute Gasteiger partial charge is 0.291 e. The number of hydrogen-bond donors (Lipinski definition) is 2. The number of thiazole rings is 1. The zero-order chi connectivity index (χ0) is 25.2. The summed E-state index contributed by atoms with van der Waals surface area (Å²) in [6.07, 6.45) is 3.68. The van der Waals surface area contributed by atoms with Crippen molar-refractivity contribution in [3.8, 4) is 17.1 Å². The number of carbonyl (C=O) groups is 2. The number of thiophene rings is 1. The summed E-state index contributed by atoms with van der Waals surface area (Å²) >= 11 is 8.57. The number of hydrogen-bond acceptors (Lipinski definition) is 11. The third kappa shape index (κ3) is 4.71. The molecule has 0 saturated carbocycles. The Morgan fingerprint density at radius 2 is 2.08 bits per heavy atom. The number of carbonyl (C=O) groups excluding carboxylic acids is 2. The Balaban J connectivity index is 1.52. The molecule has 0 atom stereocenters. The summed E-state index contributed by atoms with van der Waals surface area (Å²) in [5.41, 5.74) is 1.32. The molecule has 5 heterocycles. The van der Waals surface area contributed by atoms with Gasteiger partial charge in [0.25, 0.3) is 11.5 Å². The van der Waals surface area contributed by atoms with E-state index in [1.54, 1.807) is 12.1 Å². The molecule has 0 aliphatic heterocycles. The average molecular weight is 543 g/mol. The van der Waals surface area contributed by atoms with Crippen molar-refractivity contribution >= 4 is 51.8 Å². The lowest BCUT2D eigenvalue weighted by Crippen LogP contribution is -2.24. The van der Waals surface area contributed by atoms with E-state index in [1.165, 1.54) is 35.2 Å². The molecule has 0 aliphatic rings. The van der Waals surface area contributed by atoms with Crippen LogP contribution in [-0.2, 0) is 13.1 Å². The fourth-order valence-corrected chi connectivity index (χ4v) is 4.91. The highest BCUT2D eigenvalue weighted by Crippen LogP contribution is 2.30. The quantitative estimate of drug-likeness (QED) is 0.280. The number of rotatable bonds is 8. The minimum atomic E-state index is -0.596. The first-order chi connectivity index (χ1) is 17.4. The third-order valence-corrected chi connectivity index (χ3v) is 7.06. The molecule has 0 saturated heterocycles. The first kappa shape index (κ1) is 23.7. The van der Waals surface area contributed by atoms with Crippen molar-refractivity contribution in [1.82, 2.24) is 24.3 Å². The van der Waals surface area contributed by atoms with Crippen molar-refractivity contribution in [1.29, 1.82) is 0 Å². The summed E-state index contributed by atoms with van der Waals surface area (Å²) < 4.78 is 7.50. The van der Waals surface area contributed by atoms with E-state index in [-0.39, 0.29) is 17.0 Å². The van der Waals surface area contributed by atoms with E-state index in [0.717, 1.165) is 38.1 Å². The summed E-state index contributed by atoms with van der Waals surface area (Å²) in [7, 11) is 0. The van der Waals surface area contributed by atoms with Crippen LogP contribution in [0.25, 0.3) is 11.3 Å². The zero-order valence-electron chi connectivity index (χ0n) is 18.1. The van der Waals surface area contributed by atoms with Gasteiger partial charge in [-0.05, 0) is 18.2 Å². The Labute approximate surface area is 215 Å². The second kappa shape index (κ2) is 9.89. The van der Waals surface area contributed by atoms with Gasteiger partial charge in [0.1, 0.15) is 28.3 Å². The number of Topliss-reactive ketones (excluding diaryl/α,β-unsaturated/α-hetero) is 1. The van der Waals surface area contributed by atoms with Crippen LogP contribution in [0.4, 0.5) is 5.82 Å². The molecule has 2 N–H and O–H groups in total. The van der Waals surface area contributed by atoms with Crippen LogP contribution in [0.3, 0.4) is 0 Å². The molecule has 0 fully saturated rings. The van der Waals surface area contributed by atoms with E-state index in [2.05, 4.69) is 20.4 Å². The Morgan fingerprint density at radius 3 is 2.78 bits per heavy atom. The Kier molecular flexibility index (Phi) is 6.50. The van der Waals surface area contributed by atoms with Gasteiger partial charge in [0.2, 0.25) is 11.7 Å². The molecule has 0 aromatic carbocycles. The topological polar surface area (TPSA) is 145 Å².